The van der Waals surface area contributed by atoms with E-state index in [1.54, 1.807) is 11.3 Å². The number of nitrogens with one attached hydrogen (secondary N) is 2. The number of benzene rings is 1. The molecule has 1 aromatic heterocycles. The molecular formula is C18H21N3O2S. The molecule has 24 heavy (non-hydrogen) atoms. The van der Waals surface area contributed by atoms with Gasteiger partial charge in [-0.15, -0.1) is 0 Å². The van der Waals surface area contributed by atoms with Crippen LogP contribution in [0.15, 0.2) is 35.0 Å². The van der Waals surface area contributed by atoms with Gasteiger partial charge in [-0.2, -0.15) is 11.3 Å². The average molecular weight is 343 g/mol. The van der Waals surface area contributed by atoms with Crippen LogP contribution in [0.2, 0.25) is 0 Å². The molecule has 0 bridgehead atoms. The maximum Gasteiger partial charge on any atom is 0.231 e. The Morgan fingerprint density at radius 1 is 1.17 bits per heavy atom. The first-order valence-electron chi connectivity index (χ1n) is 8.51. The molecule has 3 unspecified atom stereocenters. The van der Waals surface area contributed by atoms with E-state index in [2.05, 4.69) is 44.7 Å². The van der Waals surface area contributed by atoms with Gasteiger partial charge in [-0.1, -0.05) is 6.07 Å². The third-order valence-corrected chi connectivity index (χ3v) is 6.07. The molecule has 5 rings (SSSR count). The summed E-state index contributed by atoms with van der Waals surface area (Å²) < 4.78 is 11.0. The number of fused-ring (bicyclic) bond motifs is 2. The summed E-state index contributed by atoms with van der Waals surface area (Å²) in [6.45, 7) is 3.65. The van der Waals surface area contributed by atoms with Gasteiger partial charge in [-0.25, -0.2) is 5.43 Å². The maximum atomic E-state index is 5.55. The van der Waals surface area contributed by atoms with Crippen molar-refractivity contribution in [1.29, 1.82) is 0 Å². The molecule has 2 fully saturated rings. The van der Waals surface area contributed by atoms with Crippen molar-refractivity contribution in [1.82, 2.24) is 15.8 Å². The van der Waals surface area contributed by atoms with Gasteiger partial charge in [-0.3, -0.25) is 10.3 Å². The molecular weight excluding hydrogens is 322 g/mol. The number of hydrazine groups is 1. The third kappa shape index (κ3) is 2.59. The topological polar surface area (TPSA) is 45.8 Å². The Morgan fingerprint density at radius 2 is 2.12 bits per heavy atom. The smallest absolute Gasteiger partial charge is 0.231 e. The lowest BCUT2D eigenvalue weighted by Gasteiger charge is -2.36. The van der Waals surface area contributed by atoms with Crippen LogP contribution in [0.4, 0.5) is 0 Å². The number of rotatable bonds is 3. The van der Waals surface area contributed by atoms with Crippen LogP contribution in [-0.4, -0.2) is 30.8 Å². The number of hydrogen-bond acceptors (Lipinski definition) is 6. The summed E-state index contributed by atoms with van der Waals surface area (Å²) in [5, 5.41) is 4.42. The molecule has 6 heteroatoms. The average Bonchev–Trinajstić information content (AvgIpc) is 3.34. The first kappa shape index (κ1) is 14.7. The van der Waals surface area contributed by atoms with Crippen molar-refractivity contribution >= 4 is 11.3 Å². The number of ether oxygens (including phenoxy) is 2. The Bertz CT molecular complexity index is 721. The molecule has 4 heterocycles. The van der Waals surface area contributed by atoms with Crippen molar-refractivity contribution in [3.05, 3.63) is 46.2 Å². The minimum Gasteiger partial charge on any atom is -0.454 e. The van der Waals surface area contributed by atoms with Crippen LogP contribution < -0.4 is 20.3 Å². The molecule has 0 amide bonds. The van der Waals surface area contributed by atoms with E-state index < -0.39 is 0 Å². The number of nitrogens with zero attached hydrogens (tertiary/aromatic N) is 1. The van der Waals surface area contributed by atoms with Crippen molar-refractivity contribution in [3.8, 4) is 11.5 Å². The highest BCUT2D eigenvalue weighted by molar-refractivity contribution is 7.07. The number of hydrogen-bond donors (Lipinski definition) is 2. The van der Waals surface area contributed by atoms with E-state index in [1.807, 2.05) is 6.07 Å². The zero-order chi connectivity index (χ0) is 15.9. The van der Waals surface area contributed by atoms with Gasteiger partial charge < -0.3 is 9.47 Å². The molecule has 0 aliphatic carbocycles. The van der Waals surface area contributed by atoms with Crippen molar-refractivity contribution in [2.75, 3.05) is 19.9 Å². The Balaban J connectivity index is 1.34. The minimum atomic E-state index is 0.315. The van der Waals surface area contributed by atoms with Crippen molar-refractivity contribution < 1.29 is 9.47 Å². The third-order valence-electron chi connectivity index (χ3n) is 5.34. The number of thiophene rings is 1. The van der Waals surface area contributed by atoms with E-state index in [1.165, 1.54) is 17.5 Å². The summed E-state index contributed by atoms with van der Waals surface area (Å²) in [6.07, 6.45) is 1.18. The fraction of sp³-hybridized carbons (Fsp3) is 0.444. The first-order chi connectivity index (χ1) is 11.9. The van der Waals surface area contributed by atoms with Gasteiger partial charge in [0.1, 0.15) is 0 Å². The molecule has 3 aliphatic rings. The largest absolute Gasteiger partial charge is 0.454 e. The van der Waals surface area contributed by atoms with Crippen LogP contribution in [0.25, 0.3) is 0 Å². The Morgan fingerprint density at radius 3 is 3.04 bits per heavy atom. The Labute approximate surface area is 145 Å². The number of likely N-dealkylation sites (tertiary alicyclic amines) is 1. The molecule has 2 aromatic rings. The summed E-state index contributed by atoms with van der Waals surface area (Å²) in [7, 11) is 0. The van der Waals surface area contributed by atoms with Gasteiger partial charge in [0.2, 0.25) is 6.79 Å². The monoisotopic (exact) mass is 343 g/mol. The van der Waals surface area contributed by atoms with Crippen LogP contribution in [0.1, 0.15) is 23.6 Å². The molecule has 0 saturated carbocycles. The highest BCUT2D eigenvalue weighted by atomic mass is 32.1. The molecule has 2 saturated heterocycles. The fourth-order valence-corrected chi connectivity index (χ4v) is 4.75. The van der Waals surface area contributed by atoms with Crippen LogP contribution >= 0.6 is 11.3 Å². The van der Waals surface area contributed by atoms with E-state index in [9.17, 15) is 0 Å². The van der Waals surface area contributed by atoms with Gasteiger partial charge in [0, 0.05) is 31.6 Å². The molecule has 2 N–H and O–H groups in total. The van der Waals surface area contributed by atoms with E-state index in [-0.39, 0.29) is 0 Å². The normalized spacial score (nSPS) is 28.9. The second-order valence-electron chi connectivity index (χ2n) is 6.80. The van der Waals surface area contributed by atoms with Gasteiger partial charge in [0.25, 0.3) is 0 Å². The predicted octanol–water partition coefficient (Wildman–Crippen LogP) is 2.52. The van der Waals surface area contributed by atoms with Crippen molar-refractivity contribution in [2.24, 2.45) is 5.92 Å². The summed E-state index contributed by atoms with van der Waals surface area (Å²) >= 11 is 1.78. The lowest BCUT2D eigenvalue weighted by atomic mass is 9.85. The Kier molecular flexibility index (Phi) is 3.70. The van der Waals surface area contributed by atoms with Gasteiger partial charge >= 0.3 is 0 Å². The molecule has 5 nitrogen and oxygen atoms in total. The minimum absolute atomic E-state index is 0.315. The van der Waals surface area contributed by atoms with Gasteiger partial charge in [-0.05, 0) is 46.5 Å². The molecule has 126 valence electrons. The van der Waals surface area contributed by atoms with Gasteiger partial charge in [0.15, 0.2) is 11.5 Å². The second-order valence-corrected chi connectivity index (χ2v) is 7.58. The zero-order valence-electron chi connectivity index (χ0n) is 13.4. The fourth-order valence-electron chi connectivity index (χ4n) is 4.09. The van der Waals surface area contributed by atoms with E-state index >= 15 is 0 Å². The number of piperidine rings is 1. The van der Waals surface area contributed by atoms with Crippen LogP contribution in [0, 0.1) is 5.92 Å². The van der Waals surface area contributed by atoms with Crippen LogP contribution in [0.3, 0.4) is 0 Å². The molecule has 1 aromatic carbocycles. The highest BCUT2D eigenvalue weighted by Crippen LogP contribution is 2.39. The van der Waals surface area contributed by atoms with Gasteiger partial charge in [0.05, 0.1) is 6.04 Å². The lowest BCUT2D eigenvalue weighted by molar-refractivity contribution is 0.148. The van der Waals surface area contributed by atoms with E-state index in [0.29, 0.717) is 24.8 Å². The predicted molar refractivity (Wildman–Crippen MR) is 93.1 cm³/mol. The van der Waals surface area contributed by atoms with E-state index in [0.717, 1.165) is 31.1 Å². The molecule has 0 spiro atoms. The first-order valence-corrected chi connectivity index (χ1v) is 9.45. The van der Waals surface area contributed by atoms with Crippen molar-refractivity contribution in [2.45, 2.75) is 25.0 Å². The quantitative estimate of drug-likeness (QED) is 0.897. The molecule has 3 atom stereocenters. The summed E-state index contributed by atoms with van der Waals surface area (Å²) in [6, 6.07) is 9.40. The zero-order valence-corrected chi connectivity index (χ0v) is 14.2. The van der Waals surface area contributed by atoms with Crippen LogP contribution in [-0.2, 0) is 6.54 Å². The molecule has 0 radical (unpaired) electrons. The standard InChI is InChI=1S/C18H21N3O2S/c1-2-16-17(23-11-22-16)7-13(1)18-14-9-21(5-3-15(14)19-20-18)8-12-4-6-24-10-12/h1-2,4,6-7,10,14-15,18-20H,3,5,8-9,11H2. The summed E-state index contributed by atoms with van der Waals surface area (Å²) in [5.74, 6) is 2.28. The maximum absolute atomic E-state index is 5.55. The highest BCUT2D eigenvalue weighted by Gasteiger charge is 2.40. The SMILES string of the molecule is c1cc(CN2CCC3NNC(c4ccc5c(c4)OCO5)C3C2)cs1. The lowest BCUT2D eigenvalue weighted by Crippen LogP contribution is -2.45. The van der Waals surface area contributed by atoms with Crippen molar-refractivity contribution in [3.63, 3.8) is 0 Å². The van der Waals surface area contributed by atoms with E-state index in [4.69, 9.17) is 9.47 Å². The van der Waals surface area contributed by atoms with Crippen LogP contribution in [0.5, 0.6) is 11.5 Å². The molecule has 3 aliphatic heterocycles. The summed E-state index contributed by atoms with van der Waals surface area (Å²) in [4.78, 5) is 2.58. The second kappa shape index (κ2) is 6.04. The Hall–Kier alpha value is -1.60. The summed E-state index contributed by atoms with van der Waals surface area (Å²) in [5.41, 5.74) is 9.72.